The molecule has 0 radical (unpaired) electrons. The molecule has 132 valence electrons. The van der Waals surface area contributed by atoms with Crippen LogP contribution in [-0.4, -0.2) is 11.7 Å². The van der Waals surface area contributed by atoms with Crippen LogP contribution < -0.4 is 4.90 Å². The largest absolute Gasteiger partial charge is 0.443 e. The van der Waals surface area contributed by atoms with Crippen LogP contribution in [0.4, 0.5) is 16.2 Å². The van der Waals surface area contributed by atoms with Crippen LogP contribution in [0.2, 0.25) is 10.0 Å². The topological polar surface area (TPSA) is 29.5 Å². The minimum atomic E-state index is -0.647. The van der Waals surface area contributed by atoms with Crippen LogP contribution in [0.5, 0.6) is 0 Å². The van der Waals surface area contributed by atoms with E-state index in [2.05, 4.69) is 31.9 Å². The highest BCUT2D eigenvalue weighted by Crippen LogP contribution is 2.55. The minimum Gasteiger partial charge on any atom is -0.443 e. The summed E-state index contributed by atoms with van der Waals surface area (Å²) in [5, 5.41) is 0.875. The average Bonchev–Trinajstić information content (AvgIpc) is 2.42. The zero-order chi connectivity index (χ0) is 18.5. The zero-order valence-corrected chi connectivity index (χ0v) is 19.0. The third-order valence-electron chi connectivity index (χ3n) is 3.23. The van der Waals surface area contributed by atoms with E-state index >= 15 is 0 Å². The molecule has 0 bridgehead atoms. The third kappa shape index (κ3) is 3.98. The molecule has 0 atom stereocenters. The molecule has 0 aromatic heterocycles. The second-order valence-corrected chi connectivity index (χ2v) is 10.1. The van der Waals surface area contributed by atoms with Gasteiger partial charge in [-0.25, -0.2) is 9.69 Å². The lowest BCUT2D eigenvalue weighted by Gasteiger charge is -2.34. The molecule has 3 rings (SSSR count). The summed E-state index contributed by atoms with van der Waals surface area (Å²) >= 11 is 21.3. The maximum Gasteiger partial charge on any atom is 0.419 e. The van der Waals surface area contributed by atoms with Crippen molar-refractivity contribution in [2.75, 3.05) is 4.90 Å². The van der Waals surface area contributed by atoms with Gasteiger partial charge in [-0.1, -0.05) is 66.8 Å². The minimum absolute atomic E-state index is 0.437. The molecule has 1 aliphatic heterocycles. The number of carbonyl (C=O) groups excluding carboxylic acids is 1. The Kier molecular flexibility index (Phi) is 5.40. The number of halogens is 4. The van der Waals surface area contributed by atoms with Gasteiger partial charge in [0, 0.05) is 18.7 Å². The molecule has 0 N–H and O–H groups in total. The maximum absolute atomic E-state index is 13.0. The van der Waals surface area contributed by atoms with Gasteiger partial charge < -0.3 is 4.74 Å². The summed E-state index contributed by atoms with van der Waals surface area (Å²) in [4.78, 5) is 16.1. The predicted octanol–water partition coefficient (Wildman–Crippen LogP) is 8.06. The van der Waals surface area contributed by atoms with E-state index in [4.69, 9.17) is 27.9 Å². The molecule has 0 fully saturated rings. The van der Waals surface area contributed by atoms with Gasteiger partial charge in [-0.05, 0) is 45.0 Å². The van der Waals surface area contributed by atoms with E-state index in [1.54, 1.807) is 12.1 Å². The summed E-state index contributed by atoms with van der Waals surface area (Å²) in [6.45, 7) is 5.45. The van der Waals surface area contributed by atoms with Crippen molar-refractivity contribution in [1.82, 2.24) is 0 Å². The SMILES string of the molecule is CC(C)(C)OC(=O)N1c2c(Cl)cc(Br)cc2Sc2cc(Br)cc(Cl)c21. The highest BCUT2D eigenvalue weighted by molar-refractivity contribution is 9.10. The molecular formula is C17H13Br2Cl2NO2S. The molecule has 8 heteroatoms. The Morgan fingerprint density at radius 1 is 1.00 bits per heavy atom. The van der Waals surface area contributed by atoms with E-state index in [0.717, 1.165) is 18.7 Å². The van der Waals surface area contributed by atoms with E-state index in [1.165, 1.54) is 16.7 Å². The van der Waals surface area contributed by atoms with Gasteiger partial charge in [-0.2, -0.15) is 0 Å². The van der Waals surface area contributed by atoms with Crippen LogP contribution in [0.1, 0.15) is 20.8 Å². The highest BCUT2D eigenvalue weighted by Gasteiger charge is 2.35. The molecule has 1 heterocycles. The van der Waals surface area contributed by atoms with E-state index in [1.807, 2.05) is 32.9 Å². The van der Waals surface area contributed by atoms with E-state index in [0.29, 0.717) is 21.4 Å². The summed E-state index contributed by atoms with van der Waals surface area (Å²) < 4.78 is 7.26. The van der Waals surface area contributed by atoms with Crippen molar-refractivity contribution in [3.05, 3.63) is 43.3 Å². The lowest BCUT2D eigenvalue weighted by Crippen LogP contribution is -2.35. The number of hydrogen-bond acceptors (Lipinski definition) is 3. The smallest absolute Gasteiger partial charge is 0.419 e. The van der Waals surface area contributed by atoms with Crippen LogP contribution in [0.25, 0.3) is 0 Å². The van der Waals surface area contributed by atoms with Crippen molar-refractivity contribution in [2.45, 2.75) is 36.2 Å². The highest BCUT2D eigenvalue weighted by atomic mass is 79.9. The summed E-state index contributed by atoms with van der Waals surface area (Å²) in [5.41, 5.74) is 0.493. The van der Waals surface area contributed by atoms with E-state index < -0.39 is 11.7 Å². The molecule has 3 nitrogen and oxygen atoms in total. The number of nitrogens with zero attached hydrogens (tertiary/aromatic N) is 1. The molecular weight excluding hydrogens is 513 g/mol. The number of benzene rings is 2. The van der Waals surface area contributed by atoms with Gasteiger partial charge in [-0.15, -0.1) is 0 Å². The Bertz CT molecular complexity index is 826. The molecule has 0 saturated carbocycles. The van der Waals surface area contributed by atoms with Crippen molar-refractivity contribution < 1.29 is 9.53 Å². The lowest BCUT2D eigenvalue weighted by molar-refractivity contribution is 0.0597. The van der Waals surface area contributed by atoms with Crippen molar-refractivity contribution in [1.29, 1.82) is 0 Å². The first kappa shape index (κ1) is 19.4. The molecule has 0 aliphatic carbocycles. The number of rotatable bonds is 0. The first-order valence-electron chi connectivity index (χ1n) is 7.26. The van der Waals surface area contributed by atoms with Crippen LogP contribution in [0.3, 0.4) is 0 Å². The van der Waals surface area contributed by atoms with Crippen molar-refractivity contribution >= 4 is 84.3 Å². The number of amides is 1. The average molecular weight is 526 g/mol. The molecule has 1 aliphatic rings. The van der Waals surface area contributed by atoms with Crippen LogP contribution in [-0.2, 0) is 4.74 Å². The monoisotopic (exact) mass is 523 g/mol. The van der Waals surface area contributed by atoms with E-state index in [-0.39, 0.29) is 0 Å². The number of fused-ring (bicyclic) bond motifs is 2. The first-order valence-corrected chi connectivity index (χ1v) is 10.4. The number of hydrogen-bond donors (Lipinski definition) is 0. The summed E-state index contributed by atoms with van der Waals surface area (Å²) in [6.07, 6.45) is -0.524. The third-order valence-corrected chi connectivity index (χ3v) is 5.78. The van der Waals surface area contributed by atoms with Gasteiger partial charge in [0.05, 0.1) is 21.4 Å². The quantitative estimate of drug-likeness (QED) is 0.348. The van der Waals surface area contributed by atoms with Crippen molar-refractivity contribution in [3.63, 3.8) is 0 Å². The standard InChI is InChI=1S/C17H13Br2Cl2NO2S/c1-17(2,3)24-16(23)22-14-10(20)4-8(18)6-12(14)25-13-7-9(19)5-11(21)15(13)22/h4-7H,1-3H3. The Morgan fingerprint density at radius 2 is 1.44 bits per heavy atom. The van der Waals surface area contributed by atoms with Crippen LogP contribution in [0, 0.1) is 0 Å². The van der Waals surface area contributed by atoms with Gasteiger partial charge in [0.15, 0.2) is 0 Å². The number of ether oxygens (including phenoxy) is 1. The number of carbonyl (C=O) groups is 1. The van der Waals surface area contributed by atoms with Gasteiger partial charge >= 0.3 is 6.09 Å². The first-order chi connectivity index (χ1) is 11.6. The Hall–Kier alpha value is -0.400. The van der Waals surface area contributed by atoms with Crippen molar-refractivity contribution in [2.24, 2.45) is 0 Å². The summed E-state index contributed by atoms with van der Waals surface area (Å²) in [5.74, 6) is 0. The molecule has 2 aromatic carbocycles. The van der Waals surface area contributed by atoms with Crippen molar-refractivity contribution in [3.8, 4) is 0 Å². The summed E-state index contributed by atoms with van der Waals surface area (Å²) in [7, 11) is 0. The Balaban J connectivity index is 2.24. The maximum atomic E-state index is 13.0. The second-order valence-electron chi connectivity index (χ2n) is 6.39. The Labute approximate surface area is 177 Å². The molecule has 0 spiro atoms. The lowest BCUT2D eigenvalue weighted by atomic mass is 10.2. The van der Waals surface area contributed by atoms with Crippen LogP contribution >= 0.6 is 66.8 Å². The molecule has 0 saturated heterocycles. The predicted molar refractivity (Wildman–Crippen MR) is 111 cm³/mol. The molecule has 0 unspecified atom stereocenters. The molecule has 25 heavy (non-hydrogen) atoms. The van der Waals surface area contributed by atoms with E-state index in [9.17, 15) is 4.79 Å². The fourth-order valence-corrected chi connectivity index (χ4v) is 5.80. The van der Waals surface area contributed by atoms with Gasteiger partial charge in [0.2, 0.25) is 0 Å². The normalized spacial score (nSPS) is 13.3. The van der Waals surface area contributed by atoms with Crippen LogP contribution in [0.15, 0.2) is 43.0 Å². The molecule has 2 aromatic rings. The zero-order valence-electron chi connectivity index (χ0n) is 13.5. The Morgan fingerprint density at radius 3 is 1.84 bits per heavy atom. The van der Waals surface area contributed by atoms with Gasteiger partial charge in [-0.3, -0.25) is 0 Å². The number of anilines is 2. The second kappa shape index (κ2) is 6.97. The van der Waals surface area contributed by atoms with Gasteiger partial charge in [0.1, 0.15) is 5.60 Å². The molecule has 1 amide bonds. The fourth-order valence-electron chi connectivity index (χ4n) is 2.39. The van der Waals surface area contributed by atoms with Gasteiger partial charge in [0.25, 0.3) is 0 Å². The fraction of sp³-hybridized carbons (Fsp3) is 0.235. The summed E-state index contributed by atoms with van der Waals surface area (Å²) in [6, 6.07) is 7.33.